The zero-order valence-electron chi connectivity index (χ0n) is 10.3. The van der Waals surface area contributed by atoms with E-state index in [1.807, 2.05) is 18.2 Å². The first-order valence-corrected chi connectivity index (χ1v) is 5.67. The van der Waals surface area contributed by atoms with Crippen LogP contribution in [0.4, 0.5) is 0 Å². The Balaban J connectivity index is 2.73. The highest BCUT2D eigenvalue weighted by Gasteiger charge is 2.10. The van der Waals surface area contributed by atoms with Crippen molar-refractivity contribution in [2.75, 3.05) is 27.4 Å². The van der Waals surface area contributed by atoms with Crippen LogP contribution in [0.3, 0.4) is 0 Å². The van der Waals surface area contributed by atoms with E-state index in [1.54, 1.807) is 14.2 Å². The topological polar surface area (TPSA) is 58.9 Å². The van der Waals surface area contributed by atoms with E-state index in [2.05, 4.69) is 0 Å². The monoisotopic (exact) mass is 240 g/mol. The average Bonchev–Trinajstić information content (AvgIpc) is 2.39. The van der Waals surface area contributed by atoms with Crippen molar-refractivity contribution in [3.8, 4) is 11.5 Å². The van der Waals surface area contributed by atoms with E-state index < -0.39 is 0 Å². The molecule has 1 aromatic carbocycles. The van der Waals surface area contributed by atoms with E-state index in [9.17, 15) is 0 Å². The molecule has 0 aliphatic rings. The Hall–Kier alpha value is -1.26. The maximum atomic E-state index is 9.02. The van der Waals surface area contributed by atoms with Gasteiger partial charge in [0.05, 0.1) is 14.2 Å². The Kier molecular flexibility index (Phi) is 5.80. The summed E-state index contributed by atoms with van der Waals surface area (Å²) in [7, 11) is 3.25. The van der Waals surface area contributed by atoms with E-state index in [4.69, 9.17) is 19.7 Å². The first-order chi connectivity index (χ1) is 8.24. The zero-order valence-corrected chi connectivity index (χ0v) is 10.3. The minimum absolute atomic E-state index is 0.00276. The summed E-state index contributed by atoms with van der Waals surface area (Å²) < 4.78 is 10.4. The van der Waals surface area contributed by atoms with Crippen LogP contribution in [0.1, 0.15) is 12.0 Å². The summed E-state index contributed by atoms with van der Waals surface area (Å²) in [6, 6.07) is 5.63. The second kappa shape index (κ2) is 7.14. The molecule has 0 bridgehead atoms. The van der Waals surface area contributed by atoms with Gasteiger partial charge < -0.3 is 19.7 Å². The summed E-state index contributed by atoms with van der Waals surface area (Å²) in [5, 5.41) is 18.0. The van der Waals surface area contributed by atoms with Crippen molar-refractivity contribution < 1.29 is 19.7 Å². The standard InChI is InChI=1S/C13H20O4/c1-16-12-5-6-13(17-2)11(7-12)4-3-10(8-14)9-15/h5-7,10,14-15H,3-4,8-9H2,1-2H3. The largest absolute Gasteiger partial charge is 0.497 e. The summed E-state index contributed by atoms with van der Waals surface area (Å²) in [4.78, 5) is 0. The molecule has 0 amide bonds. The van der Waals surface area contributed by atoms with Crippen molar-refractivity contribution in [1.82, 2.24) is 0 Å². The molecule has 0 aliphatic heterocycles. The molecule has 0 heterocycles. The first-order valence-electron chi connectivity index (χ1n) is 5.67. The lowest BCUT2D eigenvalue weighted by molar-refractivity contribution is 0.144. The summed E-state index contributed by atoms with van der Waals surface area (Å²) in [5.74, 6) is 1.51. The van der Waals surface area contributed by atoms with Crippen LogP contribution in [0.5, 0.6) is 11.5 Å². The van der Waals surface area contributed by atoms with Gasteiger partial charge in [-0.2, -0.15) is 0 Å². The molecular formula is C13H20O4. The molecule has 0 aromatic heterocycles. The van der Waals surface area contributed by atoms with Crippen LogP contribution in [-0.4, -0.2) is 37.6 Å². The molecule has 0 atom stereocenters. The van der Waals surface area contributed by atoms with Gasteiger partial charge in [-0.3, -0.25) is 0 Å². The number of aliphatic hydroxyl groups is 2. The van der Waals surface area contributed by atoms with Crippen LogP contribution < -0.4 is 9.47 Å². The molecule has 0 spiro atoms. The van der Waals surface area contributed by atoms with Crippen molar-refractivity contribution >= 4 is 0 Å². The van der Waals surface area contributed by atoms with Gasteiger partial charge in [-0.15, -0.1) is 0 Å². The number of methoxy groups -OCH3 is 2. The van der Waals surface area contributed by atoms with E-state index in [-0.39, 0.29) is 19.1 Å². The van der Waals surface area contributed by atoms with Crippen molar-refractivity contribution in [3.63, 3.8) is 0 Å². The molecule has 4 heteroatoms. The number of rotatable bonds is 7. The summed E-state index contributed by atoms with van der Waals surface area (Å²) >= 11 is 0. The molecule has 0 aliphatic carbocycles. The molecule has 2 N–H and O–H groups in total. The van der Waals surface area contributed by atoms with E-state index >= 15 is 0 Å². The number of hydrogen-bond acceptors (Lipinski definition) is 4. The average molecular weight is 240 g/mol. The van der Waals surface area contributed by atoms with Crippen molar-refractivity contribution in [1.29, 1.82) is 0 Å². The second-order valence-corrected chi connectivity index (χ2v) is 3.95. The summed E-state index contributed by atoms with van der Waals surface area (Å²) in [6.07, 6.45) is 1.46. The molecule has 4 nitrogen and oxygen atoms in total. The van der Waals surface area contributed by atoms with Crippen LogP contribution in [0, 0.1) is 5.92 Å². The lowest BCUT2D eigenvalue weighted by atomic mass is 10.00. The number of aryl methyl sites for hydroxylation is 1. The Labute approximate surface area is 102 Å². The van der Waals surface area contributed by atoms with E-state index in [1.165, 1.54) is 0 Å². The van der Waals surface area contributed by atoms with Crippen LogP contribution in [0.15, 0.2) is 18.2 Å². The van der Waals surface area contributed by atoms with E-state index in [0.29, 0.717) is 0 Å². The highest BCUT2D eigenvalue weighted by Crippen LogP contribution is 2.26. The predicted molar refractivity (Wildman–Crippen MR) is 65.5 cm³/mol. The lowest BCUT2D eigenvalue weighted by Crippen LogP contribution is -2.12. The maximum absolute atomic E-state index is 9.02. The van der Waals surface area contributed by atoms with Gasteiger partial charge in [0, 0.05) is 19.1 Å². The Bertz CT molecular complexity index is 334. The summed E-state index contributed by atoms with van der Waals surface area (Å²) in [5.41, 5.74) is 1.03. The molecule has 17 heavy (non-hydrogen) atoms. The summed E-state index contributed by atoms with van der Waals surface area (Å²) in [6.45, 7) is 0.00552. The van der Waals surface area contributed by atoms with Crippen molar-refractivity contribution in [3.05, 3.63) is 23.8 Å². The Morgan fingerprint density at radius 3 is 2.35 bits per heavy atom. The second-order valence-electron chi connectivity index (χ2n) is 3.95. The van der Waals surface area contributed by atoms with Gasteiger partial charge >= 0.3 is 0 Å². The van der Waals surface area contributed by atoms with Crippen LogP contribution >= 0.6 is 0 Å². The SMILES string of the molecule is COc1ccc(OC)c(CCC(CO)CO)c1. The number of hydrogen-bond donors (Lipinski definition) is 2. The Morgan fingerprint density at radius 1 is 1.12 bits per heavy atom. The van der Waals surface area contributed by atoms with Crippen LogP contribution in [-0.2, 0) is 6.42 Å². The molecule has 0 radical (unpaired) electrons. The predicted octanol–water partition coefficient (Wildman–Crippen LogP) is 1.24. The quantitative estimate of drug-likeness (QED) is 0.752. The third-order valence-corrected chi connectivity index (χ3v) is 2.83. The normalized spacial score (nSPS) is 10.6. The molecule has 0 saturated heterocycles. The number of benzene rings is 1. The van der Waals surface area contributed by atoms with Gasteiger partial charge in [-0.25, -0.2) is 0 Å². The molecule has 1 rings (SSSR count). The minimum atomic E-state index is -0.0779. The van der Waals surface area contributed by atoms with Gasteiger partial charge in [-0.05, 0) is 36.6 Å². The van der Waals surface area contributed by atoms with Gasteiger partial charge in [-0.1, -0.05) is 0 Å². The molecule has 0 unspecified atom stereocenters. The number of aliphatic hydroxyl groups excluding tert-OH is 2. The molecule has 0 saturated carbocycles. The van der Waals surface area contributed by atoms with Gasteiger partial charge in [0.15, 0.2) is 0 Å². The molecular weight excluding hydrogens is 220 g/mol. The fraction of sp³-hybridized carbons (Fsp3) is 0.538. The fourth-order valence-electron chi connectivity index (χ4n) is 1.68. The molecule has 1 aromatic rings. The van der Waals surface area contributed by atoms with Crippen LogP contribution in [0.2, 0.25) is 0 Å². The number of ether oxygens (including phenoxy) is 2. The van der Waals surface area contributed by atoms with Gasteiger partial charge in [0.1, 0.15) is 11.5 Å². The highest BCUT2D eigenvalue weighted by molar-refractivity contribution is 5.40. The minimum Gasteiger partial charge on any atom is -0.497 e. The molecule has 0 fully saturated rings. The lowest BCUT2D eigenvalue weighted by Gasteiger charge is -2.13. The van der Waals surface area contributed by atoms with Gasteiger partial charge in [0.2, 0.25) is 0 Å². The molecule has 96 valence electrons. The van der Waals surface area contributed by atoms with E-state index in [0.717, 1.165) is 29.9 Å². The van der Waals surface area contributed by atoms with Crippen LogP contribution in [0.25, 0.3) is 0 Å². The van der Waals surface area contributed by atoms with Gasteiger partial charge in [0.25, 0.3) is 0 Å². The highest BCUT2D eigenvalue weighted by atomic mass is 16.5. The zero-order chi connectivity index (χ0) is 12.7. The fourth-order valence-corrected chi connectivity index (χ4v) is 1.68. The Morgan fingerprint density at radius 2 is 1.82 bits per heavy atom. The smallest absolute Gasteiger partial charge is 0.122 e. The van der Waals surface area contributed by atoms with Crippen molar-refractivity contribution in [2.24, 2.45) is 5.92 Å². The maximum Gasteiger partial charge on any atom is 0.122 e. The third-order valence-electron chi connectivity index (χ3n) is 2.83. The third kappa shape index (κ3) is 3.91. The van der Waals surface area contributed by atoms with Crippen molar-refractivity contribution in [2.45, 2.75) is 12.8 Å². The first kappa shape index (κ1) is 13.8.